The third-order valence-corrected chi connectivity index (χ3v) is 5.64. The van der Waals surface area contributed by atoms with Gasteiger partial charge in [0.2, 0.25) is 0 Å². The molecule has 0 unspecified atom stereocenters. The maximum Gasteiger partial charge on any atom is 0.275 e. The van der Waals surface area contributed by atoms with Crippen molar-refractivity contribution in [3.63, 3.8) is 0 Å². The molecular weight excluding hydrogens is 424 g/mol. The number of nitrogens with zero attached hydrogens (tertiary/aromatic N) is 2. The quantitative estimate of drug-likeness (QED) is 0.277. The summed E-state index contributed by atoms with van der Waals surface area (Å²) in [7, 11) is 1.54. The van der Waals surface area contributed by atoms with Crippen LogP contribution in [0.3, 0.4) is 0 Å². The summed E-state index contributed by atoms with van der Waals surface area (Å²) in [4.78, 5) is 20.4. The van der Waals surface area contributed by atoms with Crippen molar-refractivity contribution in [2.24, 2.45) is 5.10 Å². The molecule has 158 valence electrons. The van der Waals surface area contributed by atoms with Crippen molar-refractivity contribution in [1.29, 1.82) is 0 Å². The second-order valence-corrected chi connectivity index (χ2v) is 7.91. The second kappa shape index (κ2) is 8.60. The Balaban J connectivity index is 1.27. The average Bonchev–Trinajstić information content (AvgIpc) is 3.44. The van der Waals surface area contributed by atoms with Crippen LogP contribution in [0.2, 0.25) is 0 Å². The molecule has 1 amide bonds. The van der Waals surface area contributed by atoms with Gasteiger partial charge in [0.25, 0.3) is 5.91 Å². The Kier molecular flexibility index (Phi) is 5.35. The second-order valence-electron chi connectivity index (χ2n) is 6.92. The van der Waals surface area contributed by atoms with Crippen LogP contribution in [0, 0.1) is 0 Å². The number of aromatic nitrogens is 2. The first kappa shape index (κ1) is 19.9. The Labute approximate surface area is 187 Å². The van der Waals surface area contributed by atoms with E-state index in [1.54, 1.807) is 12.1 Å². The predicted octanol–water partition coefficient (Wildman–Crippen LogP) is 5.23. The van der Waals surface area contributed by atoms with Crippen molar-refractivity contribution in [3.8, 4) is 5.75 Å². The number of carbonyl (C=O) groups excluding carboxylic acids is 1. The van der Waals surface area contributed by atoms with Crippen LogP contribution >= 0.6 is 11.8 Å². The number of imidazole rings is 1. The fourth-order valence-corrected chi connectivity index (χ4v) is 4.08. The largest absolute Gasteiger partial charge is 0.496 e. The number of para-hydroxylation sites is 2. The first-order valence-corrected chi connectivity index (χ1v) is 10.6. The maximum absolute atomic E-state index is 12.6. The van der Waals surface area contributed by atoms with Crippen LogP contribution in [0.4, 0.5) is 0 Å². The fraction of sp³-hybridized carbons (Fsp3) is 0.0417. The van der Waals surface area contributed by atoms with Gasteiger partial charge in [-0.1, -0.05) is 36.4 Å². The number of rotatable bonds is 6. The molecule has 5 aromatic rings. The van der Waals surface area contributed by atoms with Crippen LogP contribution in [0.5, 0.6) is 5.75 Å². The standard InChI is InChI=1S/C24H18N4O3S/c1-30-21-13-16-7-3-2-6-15(16)12-18(21)23(29)28-25-14-17-10-11-22(31-17)32-24-26-19-8-4-5-9-20(19)27-24/h2-14H,1H3,(H,26,27)(H,28,29). The van der Waals surface area contributed by atoms with E-state index in [1.807, 2.05) is 60.7 Å². The van der Waals surface area contributed by atoms with E-state index < -0.39 is 0 Å². The first-order valence-electron chi connectivity index (χ1n) is 9.82. The van der Waals surface area contributed by atoms with Crippen LogP contribution in [0.1, 0.15) is 16.1 Å². The molecule has 2 N–H and O–H groups in total. The minimum Gasteiger partial charge on any atom is -0.496 e. The predicted molar refractivity (Wildman–Crippen MR) is 124 cm³/mol. The Morgan fingerprint density at radius 3 is 2.69 bits per heavy atom. The van der Waals surface area contributed by atoms with Crippen LogP contribution in [-0.4, -0.2) is 29.2 Å². The lowest BCUT2D eigenvalue weighted by molar-refractivity contribution is 0.0952. The van der Waals surface area contributed by atoms with Crippen molar-refractivity contribution in [2.45, 2.75) is 10.2 Å². The van der Waals surface area contributed by atoms with Crippen LogP contribution < -0.4 is 10.2 Å². The molecule has 0 aliphatic rings. The van der Waals surface area contributed by atoms with Gasteiger partial charge in [-0.25, -0.2) is 10.4 Å². The summed E-state index contributed by atoms with van der Waals surface area (Å²) in [6, 6.07) is 22.8. The zero-order chi connectivity index (χ0) is 21.9. The molecule has 3 aromatic carbocycles. The lowest BCUT2D eigenvalue weighted by Crippen LogP contribution is -2.18. The lowest BCUT2D eigenvalue weighted by Gasteiger charge is -2.09. The number of hydrogen-bond donors (Lipinski definition) is 2. The lowest BCUT2D eigenvalue weighted by atomic mass is 10.1. The minimum absolute atomic E-state index is 0.368. The smallest absolute Gasteiger partial charge is 0.275 e. The highest BCUT2D eigenvalue weighted by atomic mass is 32.2. The van der Waals surface area contributed by atoms with E-state index in [2.05, 4.69) is 20.5 Å². The molecule has 0 aliphatic heterocycles. The van der Waals surface area contributed by atoms with Gasteiger partial charge in [-0.3, -0.25) is 4.79 Å². The van der Waals surface area contributed by atoms with Gasteiger partial charge in [0.15, 0.2) is 10.2 Å². The number of carbonyl (C=O) groups is 1. The summed E-state index contributed by atoms with van der Waals surface area (Å²) in [6.07, 6.45) is 1.45. The highest BCUT2D eigenvalue weighted by Crippen LogP contribution is 2.28. The number of benzene rings is 3. The van der Waals surface area contributed by atoms with E-state index in [-0.39, 0.29) is 5.91 Å². The Morgan fingerprint density at radius 2 is 1.88 bits per heavy atom. The van der Waals surface area contributed by atoms with Gasteiger partial charge in [0.05, 0.1) is 29.9 Å². The maximum atomic E-state index is 12.6. The molecule has 32 heavy (non-hydrogen) atoms. The van der Waals surface area contributed by atoms with E-state index in [0.29, 0.717) is 22.2 Å². The van der Waals surface area contributed by atoms with Gasteiger partial charge in [0, 0.05) is 0 Å². The molecule has 0 bridgehead atoms. The van der Waals surface area contributed by atoms with Gasteiger partial charge in [-0.2, -0.15) is 5.10 Å². The normalized spacial score (nSPS) is 11.4. The van der Waals surface area contributed by atoms with E-state index in [0.717, 1.165) is 27.0 Å². The Morgan fingerprint density at radius 1 is 1.09 bits per heavy atom. The van der Waals surface area contributed by atoms with Crippen molar-refractivity contribution in [1.82, 2.24) is 15.4 Å². The number of nitrogens with one attached hydrogen (secondary N) is 2. The zero-order valence-corrected chi connectivity index (χ0v) is 17.8. The van der Waals surface area contributed by atoms with Crippen LogP contribution in [-0.2, 0) is 0 Å². The number of furan rings is 1. The molecule has 0 atom stereocenters. The molecule has 7 nitrogen and oxygen atoms in total. The summed E-state index contributed by atoms with van der Waals surface area (Å²) in [6.45, 7) is 0. The number of hydrazone groups is 1. The summed E-state index contributed by atoms with van der Waals surface area (Å²) in [5, 5.41) is 7.36. The summed E-state index contributed by atoms with van der Waals surface area (Å²) >= 11 is 1.38. The number of aromatic amines is 1. The summed E-state index contributed by atoms with van der Waals surface area (Å²) in [5.74, 6) is 0.626. The molecular formula is C24H18N4O3S. The van der Waals surface area contributed by atoms with E-state index in [1.165, 1.54) is 25.1 Å². The van der Waals surface area contributed by atoms with Crippen molar-refractivity contribution < 1.29 is 13.9 Å². The third-order valence-electron chi connectivity index (χ3n) is 4.84. The molecule has 0 saturated carbocycles. The number of amides is 1. The molecule has 8 heteroatoms. The fourth-order valence-electron chi connectivity index (χ4n) is 3.31. The number of fused-ring (bicyclic) bond motifs is 2. The number of H-pyrrole nitrogens is 1. The molecule has 2 aromatic heterocycles. The molecule has 5 rings (SSSR count). The van der Waals surface area contributed by atoms with E-state index in [9.17, 15) is 4.79 Å². The Bertz CT molecular complexity index is 1420. The monoisotopic (exact) mass is 442 g/mol. The topological polar surface area (TPSA) is 92.5 Å². The zero-order valence-electron chi connectivity index (χ0n) is 17.0. The van der Waals surface area contributed by atoms with Crippen molar-refractivity contribution in [3.05, 3.63) is 84.1 Å². The molecule has 2 heterocycles. The van der Waals surface area contributed by atoms with E-state index in [4.69, 9.17) is 9.15 Å². The van der Waals surface area contributed by atoms with Crippen molar-refractivity contribution >= 4 is 45.7 Å². The summed E-state index contributed by atoms with van der Waals surface area (Å²) in [5.41, 5.74) is 4.80. The van der Waals surface area contributed by atoms with Crippen molar-refractivity contribution in [2.75, 3.05) is 7.11 Å². The highest BCUT2D eigenvalue weighted by Gasteiger charge is 2.13. The molecule has 0 radical (unpaired) electrons. The first-order chi connectivity index (χ1) is 15.7. The van der Waals surface area contributed by atoms with Gasteiger partial charge >= 0.3 is 0 Å². The Hall–Kier alpha value is -4.04. The third kappa shape index (κ3) is 4.08. The minimum atomic E-state index is -0.368. The van der Waals surface area contributed by atoms with Gasteiger partial charge < -0.3 is 14.1 Å². The molecule has 0 spiro atoms. The van der Waals surface area contributed by atoms with Gasteiger partial charge in [-0.05, 0) is 58.9 Å². The SMILES string of the molecule is COc1cc2ccccc2cc1C(=O)NN=Cc1ccc(Sc2nc3ccccc3[nH]2)o1. The van der Waals surface area contributed by atoms with Gasteiger partial charge in [-0.15, -0.1) is 0 Å². The number of methoxy groups -OCH3 is 1. The van der Waals surface area contributed by atoms with Crippen LogP contribution in [0.15, 0.2) is 92.6 Å². The average molecular weight is 443 g/mol. The summed E-state index contributed by atoms with van der Waals surface area (Å²) < 4.78 is 11.1. The van der Waals surface area contributed by atoms with E-state index >= 15 is 0 Å². The molecule has 0 aliphatic carbocycles. The molecule has 0 fully saturated rings. The van der Waals surface area contributed by atoms with Gasteiger partial charge in [0.1, 0.15) is 11.5 Å². The van der Waals surface area contributed by atoms with Crippen LogP contribution in [0.25, 0.3) is 21.8 Å². The highest BCUT2D eigenvalue weighted by molar-refractivity contribution is 7.99. The molecule has 0 saturated heterocycles. The number of ether oxygens (including phenoxy) is 1. The number of hydrogen-bond acceptors (Lipinski definition) is 6.